The maximum absolute atomic E-state index is 12.7. The lowest BCUT2D eigenvalue weighted by Crippen LogP contribution is -2.52. The second-order valence-corrected chi connectivity index (χ2v) is 9.04. The van der Waals surface area contributed by atoms with E-state index in [0.717, 1.165) is 21.0 Å². The van der Waals surface area contributed by atoms with Crippen molar-refractivity contribution < 1.29 is 45.8 Å². The molecule has 0 saturated carbocycles. The average molecular weight is 530 g/mol. The molecule has 0 radical (unpaired) electrons. The highest BCUT2D eigenvalue weighted by molar-refractivity contribution is 7.80. The van der Waals surface area contributed by atoms with Gasteiger partial charge in [-0.2, -0.15) is 26.3 Å². The smallest absolute Gasteiger partial charge is 0.434 e. The molecule has 196 valence electrons. The number of anilines is 1. The van der Waals surface area contributed by atoms with Gasteiger partial charge in [-0.1, -0.05) is 6.07 Å². The molecule has 2 heterocycles. The van der Waals surface area contributed by atoms with Crippen molar-refractivity contribution in [3.05, 3.63) is 23.8 Å². The predicted molar refractivity (Wildman–Crippen MR) is 115 cm³/mol. The number of amides is 1. The Morgan fingerprint density at radius 3 is 2.09 bits per heavy atom. The maximum atomic E-state index is 12.7. The number of alkyl halides is 6. The molecule has 2 aliphatic rings. The minimum atomic E-state index is -5.76. The summed E-state index contributed by atoms with van der Waals surface area (Å²) in [6.45, 7) is 1.80. The van der Waals surface area contributed by atoms with Crippen molar-refractivity contribution >= 4 is 30.4 Å². The van der Waals surface area contributed by atoms with Crippen LogP contribution in [0.25, 0.3) is 0 Å². The summed E-state index contributed by atoms with van der Waals surface area (Å²) in [5.41, 5.74) is 1.81. The van der Waals surface area contributed by atoms with E-state index in [1.807, 2.05) is 17.0 Å². The molecule has 1 aromatic rings. The van der Waals surface area contributed by atoms with Gasteiger partial charge in [-0.25, -0.2) is 4.79 Å². The number of piperidine rings is 1. The van der Waals surface area contributed by atoms with Gasteiger partial charge in [0.15, 0.2) is 0 Å². The van der Waals surface area contributed by atoms with Crippen LogP contribution in [-0.2, 0) is 16.1 Å². The lowest BCUT2D eigenvalue weighted by molar-refractivity contribution is -0.308. The van der Waals surface area contributed by atoms with E-state index in [4.69, 9.17) is 0 Å². The maximum Gasteiger partial charge on any atom is 0.434 e. The second-order valence-electron chi connectivity index (χ2n) is 8.52. The van der Waals surface area contributed by atoms with E-state index in [9.17, 15) is 41.0 Å². The number of hydrogen-bond donors (Lipinski definition) is 2. The third-order valence-corrected chi connectivity index (χ3v) is 6.37. The Balaban J connectivity index is 1.59. The van der Waals surface area contributed by atoms with Gasteiger partial charge in [0, 0.05) is 56.4 Å². The first kappa shape index (κ1) is 27.2. The van der Waals surface area contributed by atoms with Gasteiger partial charge in [0.2, 0.25) is 0 Å². The highest BCUT2D eigenvalue weighted by atomic mass is 32.1. The van der Waals surface area contributed by atoms with Crippen molar-refractivity contribution in [3.63, 3.8) is 0 Å². The topological polar surface area (TPSA) is 73.3 Å². The van der Waals surface area contributed by atoms with Crippen molar-refractivity contribution in [3.8, 4) is 0 Å². The summed E-state index contributed by atoms with van der Waals surface area (Å²) < 4.78 is 79.8. The van der Waals surface area contributed by atoms with E-state index in [1.54, 1.807) is 6.07 Å². The summed E-state index contributed by atoms with van der Waals surface area (Å²) in [6, 6.07) is 5.55. The first-order chi connectivity index (χ1) is 16.3. The molecule has 0 aromatic heterocycles. The summed E-state index contributed by atoms with van der Waals surface area (Å²) >= 11 is 4.39. The molecule has 0 bridgehead atoms. The highest BCUT2D eigenvalue weighted by Gasteiger charge is 2.60. The van der Waals surface area contributed by atoms with E-state index in [0.29, 0.717) is 32.5 Å². The molecule has 2 saturated heterocycles. The summed E-state index contributed by atoms with van der Waals surface area (Å²) in [7, 11) is 0. The number of rotatable bonds is 5. The number of carbonyl (C=O) groups is 2. The van der Waals surface area contributed by atoms with Crippen molar-refractivity contribution in [2.75, 3.05) is 44.2 Å². The Bertz CT molecular complexity index is 899. The first-order valence-electron chi connectivity index (χ1n) is 10.9. The Kier molecular flexibility index (Phi) is 8.35. The lowest BCUT2D eigenvalue weighted by atomic mass is 9.96. The second kappa shape index (κ2) is 10.7. The summed E-state index contributed by atoms with van der Waals surface area (Å²) in [6.07, 6.45) is -16.3. The SMILES string of the molecule is O=C(O)C1CCN(c2cc(S)ccc2CN2CCN(C(=O)OC(C(F)(F)F)C(F)(F)F)CC2)CC1. The quantitative estimate of drug-likeness (QED) is 0.444. The largest absolute Gasteiger partial charge is 0.481 e. The number of carboxylic acid groups (broad SMARTS) is 1. The molecule has 1 amide bonds. The van der Waals surface area contributed by atoms with Gasteiger partial charge in [-0.05, 0) is 30.5 Å². The zero-order chi connectivity index (χ0) is 26.0. The minimum absolute atomic E-state index is 0.0920. The predicted octanol–water partition coefficient (Wildman–Crippen LogP) is 4.02. The zero-order valence-corrected chi connectivity index (χ0v) is 19.4. The lowest BCUT2D eigenvalue weighted by Gasteiger charge is -2.37. The van der Waals surface area contributed by atoms with Gasteiger partial charge in [0.05, 0.1) is 5.92 Å². The summed E-state index contributed by atoms with van der Waals surface area (Å²) in [5.74, 6) is -1.21. The number of halogens is 6. The molecule has 0 aliphatic carbocycles. The van der Waals surface area contributed by atoms with Gasteiger partial charge >= 0.3 is 24.4 Å². The third kappa shape index (κ3) is 7.09. The van der Waals surface area contributed by atoms with Gasteiger partial charge in [0.1, 0.15) is 0 Å². The standard InChI is InChI=1S/C21H25F6N3O4S/c22-20(23,24)18(21(25,26)27)34-19(33)30-9-7-28(8-10-30)12-14-1-2-15(35)11-16(14)29-5-3-13(4-6-29)17(31)32/h1-2,11,13,18,35H,3-10,12H2,(H,31,32). The molecule has 1 N–H and O–H groups in total. The van der Waals surface area contributed by atoms with Crippen molar-refractivity contribution in [2.45, 2.75) is 42.7 Å². The Morgan fingerprint density at radius 1 is 1.00 bits per heavy atom. The molecule has 7 nitrogen and oxygen atoms in total. The van der Waals surface area contributed by atoms with Gasteiger partial charge < -0.3 is 19.6 Å². The average Bonchev–Trinajstić information content (AvgIpc) is 2.77. The normalized spacial score (nSPS) is 18.7. The van der Waals surface area contributed by atoms with Crippen LogP contribution >= 0.6 is 12.6 Å². The van der Waals surface area contributed by atoms with Crippen LogP contribution in [0.15, 0.2) is 23.1 Å². The fraction of sp³-hybridized carbons (Fsp3) is 0.619. The van der Waals surface area contributed by atoms with Crippen LogP contribution in [0.4, 0.5) is 36.8 Å². The summed E-state index contributed by atoms with van der Waals surface area (Å²) in [4.78, 5) is 28.8. The van der Waals surface area contributed by atoms with Gasteiger partial charge in [-0.3, -0.25) is 9.69 Å². The number of nitrogens with zero attached hydrogens (tertiary/aromatic N) is 3. The molecule has 3 rings (SSSR count). The Morgan fingerprint density at radius 2 is 1.57 bits per heavy atom. The molecular weight excluding hydrogens is 504 g/mol. The molecule has 2 fully saturated rings. The van der Waals surface area contributed by atoms with Crippen LogP contribution in [0, 0.1) is 5.92 Å². The van der Waals surface area contributed by atoms with E-state index in [-0.39, 0.29) is 26.2 Å². The Labute approximate surface area is 203 Å². The molecule has 0 unspecified atom stereocenters. The molecule has 0 spiro atoms. The fourth-order valence-electron chi connectivity index (χ4n) is 4.17. The molecule has 2 aliphatic heterocycles. The molecule has 35 heavy (non-hydrogen) atoms. The van der Waals surface area contributed by atoms with Crippen molar-refractivity contribution in [2.24, 2.45) is 5.92 Å². The van der Waals surface area contributed by atoms with E-state index >= 15 is 0 Å². The summed E-state index contributed by atoms with van der Waals surface area (Å²) in [5, 5.41) is 9.21. The van der Waals surface area contributed by atoms with Crippen molar-refractivity contribution in [1.29, 1.82) is 0 Å². The van der Waals surface area contributed by atoms with Crippen LogP contribution in [0.1, 0.15) is 18.4 Å². The number of piperazine rings is 1. The molecule has 0 atom stereocenters. The third-order valence-electron chi connectivity index (χ3n) is 6.09. The number of thiol groups is 1. The number of ether oxygens (including phenoxy) is 1. The molecule has 14 heteroatoms. The molecule has 1 aromatic carbocycles. The van der Waals surface area contributed by atoms with Crippen LogP contribution in [0.5, 0.6) is 0 Å². The van der Waals surface area contributed by atoms with Gasteiger partial charge in [-0.15, -0.1) is 12.6 Å². The Hall–Kier alpha value is -2.35. The van der Waals surface area contributed by atoms with Crippen LogP contribution in [0.3, 0.4) is 0 Å². The first-order valence-corrected chi connectivity index (χ1v) is 11.3. The number of benzene rings is 1. The monoisotopic (exact) mass is 529 g/mol. The van der Waals surface area contributed by atoms with Crippen LogP contribution in [-0.4, -0.2) is 84.7 Å². The van der Waals surface area contributed by atoms with E-state index in [2.05, 4.69) is 22.3 Å². The zero-order valence-electron chi connectivity index (χ0n) is 18.5. The van der Waals surface area contributed by atoms with Crippen LogP contribution < -0.4 is 4.90 Å². The van der Waals surface area contributed by atoms with E-state index < -0.39 is 36.4 Å². The number of carboxylic acids is 1. The number of carbonyl (C=O) groups excluding carboxylic acids is 1. The van der Waals surface area contributed by atoms with E-state index in [1.165, 1.54) is 0 Å². The van der Waals surface area contributed by atoms with Crippen molar-refractivity contribution in [1.82, 2.24) is 9.80 Å². The van der Waals surface area contributed by atoms with Crippen LogP contribution in [0.2, 0.25) is 0 Å². The molecular formula is C21H25F6N3O4S. The number of aliphatic carboxylic acids is 1. The highest BCUT2D eigenvalue weighted by Crippen LogP contribution is 2.36. The van der Waals surface area contributed by atoms with Gasteiger partial charge in [0.25, 0.3) is 6.10 Å². The fourth-order valence-corrected chi connectivity index (χ4v) is 4.37. The number of hydrogen-bond acceptors (Lipinski definition) is 6. The minimum Gasteiger partial charge on any atom is -0.481 e.